The molecule has 4 heteroatoms. The van der Waals surface area contributed by atoms with Crippen LogP contribution in [-0.4, -0.2) is 23.9 Å². The molecule has 25 heavy (non-hydrogen) atoms. The van der Waals surface area contributed by atoms with Crippen LogP contribution in [0.15, 0.2) is 46.9 Å². The van der Waals surface area contributed by atoms with Crippen LogP contribution in [0.4, 0.5) is 5.69 Å². The largest absolute Gasteiger partial charge is 0.322 e. The van der Waals surface area contributed by atoms with Gasteiger partial charge >= 0.3 is 0 Å². The van der Waals surface area contributed by atoms with Crippen molar-refractivity contribution >= 4 is 27.5 Å². The van der Waals surface area contributed by atoms with Gasteiger partial charge in [-0.05, 0) is 73.7 Å². The second-order valence-corrected chi connectivity index (χ2v) is 7.95. The van der Waals surface area contributed by atoms with Gasteiger partial charge in [-0.15, -0.1) is 0 Å². The zero-order valence-corrected chi connectivity index (χ0v) is 16.5. The molecule has 0 aromatic heterocycles. The van der Waals surface area contributed by atoms with Crippen LogP contribution in [0.1, 0.15) is 41.3 Å². The molecule has 0 spiro atoms. The van der Waals surface area contributed by atoms with Crippen LogP contribution in [0.25, 0.3) is 0 Å². The highest BCUT2D eigenvalue weighted by atomic mass is 79.9. The van der Waals surface area contributed by atoms with E-state index in [1.807, 2.05) is 37.3 Å². The number of likely N-dealkylation sites (tertiary alicyclic amines) is 1. The molecule has 1 atom stereocenters. The van der Waals surface area contributed by atoms with E-state index in [2.05, 4.69) is 45.2 Å². The minimum atomic E-state index is -0.0696. The van der Waals surface area contributed by atoms with E-state index >= 15 is 0 Å². The number of hydrogen-bond acceptors (Lipinski definition) is 2. The van der Waals surface area contributed by atoms with Gasteiger partial charge in [-0.2, -0.15) is 0 Å². The van der Waals surface area contributed by atoms with Gasteiger partial charge in [0, 0.05) is 28.8 Å². The number of carbonyl (C=O) groups excluding carboxylic acids is 1. The predicted molar refractivity (Wildman–Crippen MR) is 107 cm³/mol. The molecule has 3 nitrogen and oxygen atoms in total. The van der Waals surface area contributed by atoms with Gasteiger partial charge in [-0.1, -0.05) is 35.0 Å². The molecule has 0 aliphatic carbocycles. The Labute approximate surface area is 158 Å². The maximum absolute atomic E-state index is 12.4. The lowest BCUT2D eigenvalue weighted by Crippen LogP contribution is -2.33. The average Bonchev–Trinajstić information content (AvgIpc) is 2.59. The maximum Gasteiger partial charge on any atom is 0.255 e. The third-order valence-electron chi connectivity index (χ3n) is 4.78. The zero-order chi connectivity index (χ0) is 17.8. The minimum absolute atomic E-state index is 0.0696. The number of nitrogens with zero attached hydrogens (tertiary/aromatic N) is 1. The molecule has 0 radical (unpaired) electrons. The summed E-state index contributed by atoms with van der Waals surface area (Å²) < 4.78 is 1.04. The number of amides is 1. The van der Waals surface area contributed by atoms with Crippen LogP contribution in [-0.2, 0) is 6.54 Å². The topological polar surface area (TPSA) is 32.3 Å². The van der Waals surface area contributed by atoms with E-state index in [-0.39, 0.29) is 5.91 Å². The zero-order valence-electron chi connectivity index (χ0n) is 14.9. The number of benzene rings is 2. The lowest BCUT2D eigenvalue weighted by Gasteiger charge is -2.30. The van der Waals surface area contributed by atoms with E-state index in [1.165, 1.54) is 31.5 Å². The number of piperidine rings is 1. The highest BCUT2D eigenvalue weighted by molar-refractivity contribution is 9.10. The van der Waals surface area contributed by atoms with Gasteiger partial charge < -0.3 is 5.32 Å². The van der Waals surface area contributed by atoms with Crippen LogP contribution < -0.4 is 5.32 Å². The Hall–Kier alpha value is -1.65. The Morgan fingerprint density at radius 3 is 2.68 bits per heavy atom. The summed E-state index contributed by atoms with van der Waals surface area (Å²) in [5.74, 6) is 0.716. The molecule has 1 saturated heterocycles. The molecular formula is C21H25BrN2O. The van der Waals surface area contributed by atoms with Gasteiger partial charge in [-0.3, -0.25) is 9.69 Å². The molecule has 2 aromatic rings. The molecule has 0 saturated carbocycles. The normalized spacial score (nSPS) is 18.1. The second kappa shape index (κ2) is 8.15. The smallest absolute Gasteiger partial charge is 0.255 e. The van der Waals surface area contributed by atoms with Crippen molar-refractivity contribution in [1.82, 2.24) is 4.90 Å². The van der Waals surface area contributed by atoms with Crippen LogP contribution >= 0.6 is 15.9 Å². The molecule has 0 unspecified atom stereocenters. The quantitative estimate of drug-likeness (QED) is 0.760. The number of carbonyl (C=O) groups is 1. The predicted octanol–water partition coefficient (Wildman–Crippen LogP) is 5.24. The van der Waals surface area contributed by atoms with Gasteiger partial charge in [0.1, 0.15) is 0 Å². The molecule has 1 amide bonds. The molecule has 1 heterocycles. The van der Waals surface area contributed by atoms with E-state index < -0.39 is 0 Å². The summed E-state index contributed by atoms with van der Waals surface area (Å²) in [6.45, 7) is 7.65. The first-order valence-electron chi connectivity index (χ1n) is 8.90. The van der Waals surface area contributed by atoms with Crippen molar-refractivity contribution in [3.8, 4) is 0 Å². The molecule has 1 aliphatic rings. The van der Waals surface area contributed by atoms with Crippen molar-refractivity contribution in [2.24, 2.45) is 5.92 Å². The van der Waals surface area contributed by atoms with Gasteiger partial charge in [-0.25, -0.2) is 0 Å². The van der Waals surface area contributed by atoms with E-state index in [9.17, 15) is 4.79 Å². The fourth-order valence-electron chi connectivity index (χ4n) is 3.38. The highest BCUT2D eigenvalue weighted by Gasteiger charge is 2.16. The third kappa shape index (κ3) is 4.93. The van der Waals surface area contributed by atoms with Crippen molar-refractivity contribution in [3.05, 3.63) is 63.6 Å². The fourth-order valence-corrected chi connectivity index (χ4v) is 3.62. The van der Waals surface area contributed by atoms with Gasteiger partial charge in [0.2, 0.25) is 0 Å². The summed E-state index contributed by atoms with van der Waals surface area (Å²) in [5.41, 5.74) is 3.88. The van der Waals surface area contributed by atoms with Crippen molar-refractivity contribution in [3.63, 3.8) is 0 Å². The molecule has 1 aliphatic heterocycles. The summed E-state index contributed by atoms with van der Waals surface area (Å²) in [5, 5.41) is 2.96. The van der Waals surface area contributed by atoms with Gasteiger partial charge in [0.15, 0.2) is 0 Å². The van der Waals surface area contributed by atoms with Crippen LogP contribution in [0, 0.1) is 12.8 Å². The lowest BCUT2D eigenvalue weighted by molar-refractivity contribution is 0.102. The monoisotopic (exact) mass is 400 g/mol. The molecular weight excluding hydrogens is 376 g/mol. The maximum atomic E-state index is 12.4. The van der Waals surface area contributed by atoms with E-state index in [0.717, 1.165) is 28.2 Å². The molecule has 1 fully saturated rings. The number of rotatable bonds is 4. The third-order valence-corrected chi connectivity index (χ3v) is 5.67. The lowest BCUT2D eigenvalue weighted by atomic mass is 9.99. The van der Waals surface area contributed by atoms with Crippen LogP contribution in [0.5, 0.6) is 0 Å². The summed E-state index contributed by atoms with van der Waals surface area (Å²) in [6.07, 6.45) is 2.62. The summed E-state index contributed by atoms with van der Waals surface area (Å²) in [6, 6.07) is 13.8. The summed E-state index contributed by atoms with van der Waals surface area (Å²) in [4.78, 5) is 14.9. The van der Waals surface area contributed by atoms with Crippen LogP contribution in [0.3, 0.4) is 0 Å². The Morgan fingerprint density at radius 1 is 1.24 bits per heavy atom. The first kappa shape index (κ1) is 18.2. The van der Waals surface area contributed by atoms with Crippen molar-refractivity contribution < 1.29 is 4.79 Å². The van der Waals surface area contributed by atoms with Gasteiger partial charge in [0.25, 0.3) is 5.91 Å². The van der Waals surface area contributed by atoms with E-state index in [0.29, 0.717) is 5.56 Å². The van der Waals surface area contributed by atoms with Gasteiger partial charge in [0.05, 0.1) is 0 Å². The van der Waals surface area contributed by atoms with E-state index in [4.69, 9.17) is 0 Å². The SMILES string of the molecule is Cc1cc(NC(=O)c2ccc(CN3CCC[C@@H](C)C3)cc2)ccc1Br. The molecule has 1 N–H and O–H groups in total. The van der Waals surface area contributed by atoms with Crippen LogP contribution in [0.2, 0.25) is 0 Å². The Bertz CT molecular complexity index is 742. The number of nitrogens with one attached hydrogen (secondary N) is 1. The Kier molecular flexibility index (Phi) is 5.92. The average molecular weight is 401 g/mol. The number of anilines is 1. The number of aryl methyl sites for hydroxylation is 1. The van der Waals surface area contributed by atoms with E-state index in [1.54, 1.807) is 0 Å². The number of hydrogen-bond donors (Lipinski definition) is 1. The highest BCUT2D eigenvalue weighted by Crippen LogP contribution is 2.21. The molecule has 0 bridgehead atoms. The molecule has 2 aromatic carbocycles. The fraction of sp³-hybridized carbons (Fsp3) is 0.381. The standard InChI is InChI=1S/C21H25BrN2O/c1-15-4-3-11-24(13-15)14-17-5-7-18(8-6-17)21(25)23-19-9-10-20(22)16(2)12-19/h5-10,12,15H,3-4,11,13-14H2,1-2H3,(H,23,25)/t15-/m1/s1. The first-order chi connectivity index (χ1) is 12.0. The Balaban J connectivity index is 1.61. The summed E-state index contributed by atoms with van der Waals surface area (Å²) >= 11 is 3.48. The first-order valence-corrected chi connectivity index (χ1v) is 9.69. The van der Waals surface area contributed by atoms with Crippen molar-refractivity contribution in [1.29, 1.82) is 0 Å². The number of halogens is 1. The summed E-state index contributed by atoms with van der Waals surface area (Å²) in [7, 11) is 0. The second-order valence-electron chi connectivity index (χ2n) is 7.10. The van der Waals surface area contributed by atoms with Crippen molar-refractivity contribution in [2.75, 3.05) is 18.4 Å². The molecule has 3 rings (SSSR count). The minimum Gasteiger partial charge on any atom is -0.322 e. The Morgan fingerprint density at radius 2 is 2.00 bits per heavy atom. The van der Waals surface area contributed by atoms with Crippen molar-refractivity contribution in [2.45, 2.75) is 33.2 Å². The molecule has 132 valence electrons.